The Morgan fingerprint density at radius 2 is 1.92 bits per heavy atom. The minimum absolute atomic E-state index is 0.0831. The van der Waals surface area contributed by atoms with Gasteiger partial charge in [0.2, 0.25) is 10.0 Å². The molecule has 0 aliphatic heterocycles. The Labute approximate surface area is 160 Å². The zero-order valence-corrected chi connectivity index (χ0v) is 17.2. The molecule has 1 atom stereocenters. The molecule has 0 spiro atoms. The quantitative estimate of drug-likeness (QED) is 0.742. The van der Waals surface area contributed by atoms with Gasteiger partial charge < -0.3 is 4.90 Å². The van der Waals surface area contributed by atoms with Crippen LogP contribution in [-0.4, -0.2) is 32.3 Å². The standard InChI is InChI=1S/C19H26N2O3S2/c1-14(2)11-15(3)21(4)19(22)16-7-5-9-18(12-16)26(23,24)20-13-17-8-6-10-25-17/h5-10,12,14-15,20H,11,13H2,1-4H3. The van der Waals surface area contributed by atoms with Crippen molar-refractivity contribution in [2.75, 3.05) is 7.05 Å². The first-order valence-corrected chi connectivity index (χ1v) is 11.0. The van der Waals surface area contributed by atoms with Gasteiger partial charge in [-0.05, 0) is 48.9 Å². The number of hydrogen-bond donors (Lipinski definition) is 1. The average molecular weight is 395 g/mol. The third kappa shape index (κ3) is 5.40. The molecular formula is C19H26N2O3S2. The first-order chi connectivity index (χ1) is 12.2. The number of nitrogens with zero attached hydrogens (tertiary/aromatic N) is 1. The second-order valence-electron chi connectivity index (χ2n) is 6.83. The van der Waals surface area contributed by atoms with Crippen LogP contribution in [0.15, 0.2) is 46.7 Å². The number of nitrogens with one attached hydrogen (secondary N) is 1. The van der Waals surface area contributed by atoms with Gasteiger partial charge in [-0.2, -0.15) is 0 Å². The molecule has 0 aliphatic carbocycles. The van der Waals surface area contributed by atoms with Gasteiger partial charge in [-0.1, -0.05) is 26.0 Å². The van der Waals surface area contributed by atoms with Crippen LogP contribution in [0.3, 0.4) is 0 Å². The summed E-state index contributed by atoms with van der Waals surface area (Å²) < 4.78 is 27.6. The Morgan fingerprint density at radius 1 is 1.19 bits per heavy atom. The minimum Gasteiger partial charge on any atom is -0.339 e. The van der Waals surface area contributed by atoms with Crippen molar-refractivity contribution in [3.05, 3.63) is 52.2 Å². The molecule has 1 heterocycles. The molecule has 1 N–H and O–H groups in total. The van der Waals surface area contributed by atoms with E-state index >= 15 is 0 Å². The van der Waals surface area contributed by atoms with Crippen molar-refractivity contribution in [3.63, 3.8) is 0 Å². The zero-order chi connectivity index (χ0) is 19.3. The molecule has 0 saturated carbocycles. The fraction of sp³-hybridized carbons (Fsp3) is 0.421. The fourth-order valence-electron chi connectivity index (χ4n) is 2.70. The molecule has 1 unspecified atom stereocenters. The van der Waals surface area contributed by atoms with Gasteiger partial charge in [0.05, 0.1) is 4.90 Å². The summed E-state index contributed by atoms with van der Waals surface area (Å²) >= 11 is 1.49. The van der Waals surface area contributed by atoms with Crippen molar-refractivity contribution in [3.8, 4) is 0 Å². The molecule has 0 aliphatic rings. The summed E-state index contributed by atoms with van der Waals surface area (Å²) in [7, 11) is -1.92. The largest absolute Gasteiger partial charge is 0.339 e. The number of carbonyl (C=O) groups excluding carboxylic acids is 1. The normalized spacial score (nSPS) is 13.0. The monoisotopic (exact) mass is 394 g/mol. The number of benzene rings is 1. The second kappa shape index (κ2) is 8.79. The van der Waals surface area contributed by atoms with Crippen LogP contribution in [0.5, 0.6) is 0 Å². The van der Waals surface area contributed by atoms with E-state index in [0.29, 0.717) is 11.5 Å². The van der Waals surface area contributed by atoms with Crippen molar-refractivity contribution < 1.29 is 13.2 Å². The molecule has 0 saturated heterocycles. The van der Waals surface area contributed by atoms with Gasteiger partial charge in [-0.15, -0.1) is 11.3 Å². The average Bonchev–Trinajstić information content (AvgIpc) is 3.12. The molecule has 142 valence electrons. The number of rotatable bonds is 8. The SMILES string of the molecule is CC(C)CC(C)N(C)C(=O)c1cccc(S(=O)(=O)NCc2cccs2)c1. The van der Waals surface area contributed by atoms with Crippen LogP contribution in [0.1, 0.15) is 42.4 Å². The first-order valence-electron chi connectivity index (χ1n) is 8.60. The smallest absolute Gasteiger partial charge is 0.253 e. The van der Waals surface area contributed by atoms with Gasteiger partial charge in [0.25, 0.3) is 5.91 Å². The van der Waals surface area contributed by atoms with Gasteiger partial charge in [-0.25, -0.2) is 13.1 Å². The number of sulfonamides is 1. The molecule has 7 heteroatoms. The van der Waals surface area contributed by atoms with E-state index in [2.05, 4.69) is 18.6 Å². The van der Waals surface area contributed by atoms with Crippen LogP contribution in [0.2, 0.25) is 0 Å². The molecule has 1 aromatic carbocycles. The molecule has 1 amide bonds. The van der Waals surface area contributed by atoms with E-state index in [1.807, 2.05) is 24.4 Å². The van der Waals surface area contributed by atoms with E-state index < -0.39 is 10.0 Å². The third-order valence-electron chi connectivity index (χ3n) is 4.20. The predicted molar refractivity (Wildman–Crippen MR) is 106 cm³/mol. The number of hydrogen-bond acceptors (Lipinski definition) is 4. The van der Waals surface area contributed by atoms with Gasteiger partial charge in [0.15, 0.2) is 0 Å². The number of amides is 1. The van der Waals surface area contributed by atoms with Gasteiger partial charge in [0.1, 0.15) is 0 Å². The highest BCUT2D eigenvalue weighted by molar-refractivity contribution is 7.89. The Morgan fingerprint density at radius 3 is 2.54 bits per heavy atom. The molecule has 26 heavy (non-hydrogen) atoms. The van der Waals surface area contributed by atoms with E-state index in [1.165, 1.54) is 23.5 Å². The lowest BCUT2D eigenvalue weighted by molar-refractivity contribution is 0.0728. The van der Waals surface area contributed by atoms with Crippen molar-refractivity contribution in [1.29, 1.82) is 0 Å². The molecule has 1 aromatic heterocycles. The first kappa shape index (κ1) is 20.6. The fourth-order valence-corrected chi connectivity index (χ4v) is 4.49. The number of carbonyl (C=O) groups is 1. The maximum atomic E-state index is 12.7. The summed E-state index contributed by atoms with van der Waals surface area (Å²) in [4.78, 5) is 15.4. The summed E-state index contributed by atoms with van der Waals surface area (Å²) in [5.74, 6) is 0.307. The maximum absolute atomic E-state index is 12.7. The highest BCUT2D eigenvalue weighted by Crippen LogP contribution is 2.17. The number of thiophene rings is 1. The van der Waals surface area contributed by atoms with Crippen LogP contribution in [0.25, 0.3) is 0 Å². The van der Waals surface area contributed by atoms with E-state index in [0.717, 1.165) is 11.3 Å². The summed E-state index contributed by atoms with van der Waals surface area (Å²) in [5.41, 5.74) is 0.377. The van der Waals surface area contributed by atoms with Crippen LogP contribution in [-0.2, 0) is 16.6 Å². The van der Waals surface area contributed by atoms with E-state index in [4.69, 9.17) is 0 Å². The minimum atomic E-state index is -3.67. The van der Waals surface area contributed by atoms with Gasteiger partial charge >= 0.3 is 0 Å². The zero-order valence-electron chi connectivity index (χ0n) is 15.6. The highest BCUT2D eigenvalue weighted by Gasteiger charge is 2.21. The van der Waals surface area contributed by atoms with Crippen LogP contribution in [0.4, 0.5) is 0 Å². The van der Waals surface area contributed by atoms with E-state index in [-0.39, 0.29) is 23.4 Å². The molecule has 0 radical (unpaired) electrons. The maximum Gasteiger partial charge on any atom is 0.253 e. The summed E-state index contributed by atoms with van der Waals surface area (Å²) in [6.07, 6.45) is 0.891. The van der Waals surface area contributed by atoms with Crippen molar-refractivity contribution in [2.45, 2.75) is 44.7 Å². The van der Waals surface area contributed by atoms with Crippen LogP contribution in [0, 0.1) is 5.92 Å². The Balaban J connectivity index is 2.14. The second-order valence-corrected chi connectivity index (χ2v) is 9.63. The summed E-state index contributed by atoms with van der Waals surface area (Å²) in [5, 5.41) is 1.90. The van der Waals surface area contributed by atoms with Crippen molar-refractivity contribution in [1.82, 2.24) is 9.62 Å². The molecule has 5 nitrogen and oxygen atoms in total. The summed E-state index contributed by atoms with van der Waals surface area (Å²) in [6.45, 7) is 6.47. The highest BCUT2D eigenvalue weighted by atomic mass is 32.2. The third-order valence-corrected chi connectivity index (χ3v) is 6.48. The lowest BCUT2D eigenvalue weighted by Gasteiger charge is -2.26. The Hall–Kier alpha value is -1.70. The van der Waals surface area contributed by atoms with Crippen molar-refractivity contribution >= 4 is 27.3 Å². The summed E-state index contributed by atoms with van der Waals surface area (Å²) in [6, 6.07) is 10.0. The molecule has 2 aromatic rings. The van der Waals surface area contributed by atoms with E-state index in [1.54, 1.807) is 24.1 Å². The lowest BCUT2D eigenvalue weighted by Crippen LogP contribution is -2.36. The predicted octanol–water partition coefficient (Wildman–Crippen LogP) is 3.73. The van der Waals surface area contributed by atoms with E-state index in [9.17, 15) is 13.2 Å². The molecule has 2 rings (SSSR count). The molecular weight excluding hydrogens is 368 g/mol. The van der Waals surface area contributed by atoms with Crippen molar-refractivity contribution in [2.24, 2.45) is 5.92 Å². The Bertz CT molecular complexity index is 830. The Kier molecular flexibility index (Phi) is 6.97. The van der Waals surface area contributed by atoms with Gasteiger partial charge in [-0.3, -0.25) is 4.79 Å². The van der Waals surface area contributed by atoms with Crippen LogP contribution >= 0.6 is 11.3 Å². The van der Waals surface area contributed by atoms with Crippen LogP contribution < -0.4 is 4.72 Å². The van der Waals surface area contributed by atoms with Gasteiger partial charge in [0, 0.05) is 30.1 Å². The lowest BCUT2D eigenvalue weighted by atomic mass is 10.0. The molecule has 0 fully saturated rings. The molecule has 0 bridgehead atoms. The topological polar surface area (TPSA) is 66.5 Å².